The maximum atomic E-state index is 13.2. The second-order valence-corrected chi connectivity index (χ2v) is 3.56. The molecule has 0 saturated carbocycles. The Bertz CT molecular complexity index is 334. The molecule has 5 heteroatoms. The molecule has 3 nitrogen and oxygen atoms in total. The molecule has 1 aliphatic heterocycles. The van der Waals surface area contributed by atoms with Gasteiger partial charge in [-0.3, -0.25) is 0 Å². The van der Waals surface area contributed by atoms with Gasteiger partial charge in [0, 0.05) is 13.1 Å². The normalized spacial score (nSPS) is 20.8. The van der Waals surface area contributed by atoms with Gasteiger partial charge in [-0.25, -0.2) is 8.78 Å². The summed E-state index contributed by atoms with van der Waals surface area (Å²) in [5.41, 5.74) is 0. The summed E-state index contributed by atoms with van der Waals surface area (Å²) in [6.45, 7) is 2.17. The molecule has 2 rings (SSSR count). The van der Waals surface area contributed by atoms with Gasteiger partial charge in [0.15, 0.2) is 17.4 Å². The Morgan fingerprint density at radius 1 is 1.38 bits per heavy atom. The molecular formula is C11H13F2NO2. The van der Waals surface area contributed by atoms with Crippen molar-refractivity contribution >= 4 is 0 Å². The standard InChI is InChI=1S/C11H13F2NO2/c12-9-2-1-3-10(13)11(9)16-7-8-6-14-4-5-15-8/h1-3,8,14H,4-7H2. The van der Waals surface area contributed by atoms with Crippen molar-refractivity contribution in [2.45, 2.75) is 6.10 Å². The summed E-state index contributed by atoms with van der Waals surface area (Å²) in [5.74, 6) is -1.72. The molecule has 1 aromatic rings. The fourth-order valence-electron chi connectivity index (χ4n) is 1.52. The molecule has 1 N–H and O–H groups in total. The highest BCUT2D eigenvalue weighted by Crippen LogP contribution is 2.21. The molecule has 1 saturated heterocycles. The molecule has 0 radical (unpaired) electrons. The maximum Gasteiger partial charge on any atom is 0.190 e. The van der Waals surface area contributed by atoms with Crippen molar-refractivity contribution < 1.29 is 18.3 Å². The average molecular weight is 229 g/mol. The first-order chi connectivity index (χ1) is 7.77. The van der Waals surface area contributed by atoms with Gasteiger partial charge in [-0.05, 0) is 12.1 Å². The minimum atomic E-state index is -0.691. The summed E-state index contributed by atoms with van der Waals surface area (Å²) >= 11 is 0. The van der Waals surface area contributed by atoms with E-state index in [1.807, 2.05) is 0 Å². The van der Waals surface area contributed by atoms with E-state index in [0.717, 1.165) is 6.54 Å². The highest BCUT2D eigenvalue weighted by Gasteiger charge is 2.16. The number of hydrogen-bond acceptors (Lipinski definition) is 3. The Morgan fingerprint density at radius 2 is 2.12 bits per heavy atom. The van der Waals surface area contributed by atoms with E-state index in [9.17, 15) is 8.78 Å². The van der Waals surface area contributed by atoms with E-state index in [2.05, 4.69) is 5.32 Å². The van der Waals surface area contributed by atoms with Crippen molar-refractivity contribution in [3.05, 3.63) is 29.8 Å². The van der Waals surface area contributed by atoms with Crippen LogP contribution in [0.5, 0.6) is 5.75 Å². The van der Waals surface area contributed by atoms with Gasteiger partial charge in [0.2, 0.25) is 0 Å². The molecule has 0 bridgehead atoms. The van der Waals surface area contributed by atoms with Gasteiger partial charge in [0.1, 0.15) is 12.7 Å². The summed E-state index contributed by atoms with van der Waals surface area (Å²) in [5, 5.41) is 3.11. The van der Waals surface area contributed by atoms with Gasteiger partial charge in [-0.2, -0.15) is 0 Å². The molecule has 1 aliphatic rings. The minimum absolute atomic E-state index is 0.144. The van der Waals surface area contributed by atoms with E-state index in [4.69, 9.17) is 9.47 Å². The number of halogens is 2. The average Bonchev–Trinajstić information content (AvgIpc) is 2.30. The van der Waals surface area contributed by atoms with Crippen molar-refractivity contribution in [1.29, 1.82) is 0 Å². The Hall–Kier alpha value is -1.20. The number of benzene rings is 1. The zero-order valence-electron chi connectivity index (χ0n) is 8.71. The molecule has 0 aliphatic carbocycles. The first-order valence-electron chi connectivity index (χ1n) is 5.16. The lowest BCUT2D eigenvalue weighted by Gasteiger charge is -2.23. The molecule has 0 spiro atoms. The minimum Gasteiger partial charge on any atom is -0.485 e. The molecule has 1 aromatic carbocycles. The Morgan fingerprint density at radius 3 is 2.75 bits per heavy atom. The van der Waals surface area contributed by atoms with Crippen molar-refractivity contribution in [2.75, 3.05) is 26.3 Å². The second-order valence-electron chi connectivity index (χ2n) is 3.56. The fourth-order valence-corrected chi connectivity index (χ4v) is 1.52. The number of nitrogens with one attached hydrogen (secondary N) is 1. The molecule has 88 valence electrons. The molecule has 1 atom stereocenters. The lowest BCUT2D eigenvalue weighted by Crippen LogP contribution is -2.41. The van der Waals surface area contributed by atoms with Crippen LogP contribution in [0, 0.1) is 11.6 Å². The lowest BCUT2D eigenvalue weighted by molar-refractivity contribution is -0.00134. The Balaban J connectivity index is 1.93. The smallest absolute Gasteiger partial charge is 0.190 e. The quantitative estimate of drug-likeness (QED) is 0.848. The van der Waals surface area contributed by atoms with Crippen molar-refractivity contribution in [3.8, 4) is 5.75 Å². The van der Waals surface area contributed by atoms with Crippen LogP contribution in [0.3, 0.4) is 0 Å². The van der Waals surface area contributed by atoms with Gasteiger partial charge >= 0.3 is 0 Å². The van der Waals surface area contributed by atoms with Crippen LogP contribution in [-0.4, -0.2) is 32.4 Å². The maximum absolute atomic E-state index is 13.2. The molecule has 1 heterocycles. The van der Waals surface area contributed by atoms with Crippen LogP contribution >= 0.6 is 0 Å². The third kappa shape index (κ3) is 2.68. The second kappa shape index (κ2) is 5.23. The van der Waals surface area contributed by atoms with Crippen LogP contribution in [0.4, 0.5) is 8.78 Å². The van der Waals surface area contributed by atoms with Crippen LogP contribution in [0.25, 0.3) is 0 Å². The summed E-state index contributed by atoms with van der Waals surface area (Å²) in [6, 6.07) is 3.63. The largest absolute Gasteiger partial charge is 0.485 e. The predicted molar refractivity (Wildman–Crippen MR) is 54.5 cm³/mol. The van der Waals surface area contributed by atoms with Gasteiger partial charge < -0.3 is 14.8 Å². The number of hydrogen-bond donors (Lipinski definition) is 1. The monoisotopic (exact) mass is 229 g/mol. The Kier molecular flexibility index (Phi) is 3.69. The van der Waals surface area contributed by atoms with E-state index in [-0.39, 0.29) is 18.5 Å². The molecule has 16 heavy (non-hydrogen) atoms. The van der Waals surface area contributed by atoms with E-state index < -0.39 is 11.6 Å². The first-order valence-corrected chi connectivity index (χ1v) is 5.16. The highest BCUT2D eigenvalue weighted by atomic mass is 19.1. The van der Waals surface area contributed by atoms with Crippen molar-refractivity contribution in [3.63, 3.8) is 0 Å². The van der Waals surface area contributed by atoms with Crippen LogP contribution in [0.15, 0.2) is 18.2 Å². The van der Waals surface area contributed by atoms with Crippen LogP contribution in [0.2, 0.25) is 0 Å². The van der Waals surface area contributed by atoms with Gasteiger partial charge in [0.05, 0.1) is 6.61 Å². The first kappa shape index (κ1) is 11.3. The van der Waals surface area contributed by atoms with E-state index in [1.165, 1.54) is 18.2 Å². The molecule has 0 aromatic heterocycles. The van der Waals surface area contributed by atoms with Crippen molar-refractivity contribution in [1.82, 2.24) is 5.32 Å². The summed E-state index contributed by atoms with van der Waals surface area (Å²) in [6.07, 6.45) is -0.159. The van der Waals surface area contributed by atoms with Gasteiger partial charge in [0.25, 0.3) is 0 Å². The molecule has 1 fully saturated rings. The summed E-state index contributed by atoms with van der Waals surface area (Å²) in [4.78, 5) is 0. The molecule has 1 unspecified atom stereocenters. The molecular weight excluding hydrogens is 216 g/mol. The number of para-hydroxylation sites is 1. The zero-order chi connectivity index (χ0) is 11.4. The predicted octanol–water partition coefficient (Wildman–Crippen LogP) is 1.33. The van der Waals surface area contributed by atoms with E-state index >= 15 is 0 Å². The van der Waals surface area contributed by atoms with Crippen molar-refractivity contribution in [2.24, 2.45) is 0 Å². The fraction of sp³-hybridized carbons (Fsp3) is 0.455. The van der Waals surface area contributed by atoms with E-state index in [1.54, 1.807) is 0 Å². The van der Waals surface area contributed by atoms with Crippen LogP contribution in [-0.2, 0) is 4.74 Å². The van der Waals surface area contributed by atoms with Crippen LogP contribution in [0.1, 0.15) is 0 Å². The van der Waals surface area contributed by atoms with Crippen LogP contribution < -0.4 is 10.1 Å². The Labute approximate surface area is 92.4 Å². The van der Waals surface area contributed by atoms with Gasteiger partial charge in [-0.15, -0.1) is 0 Å². The number of morpholine rings is 1. The summed E-state index contributed by atoms with van der Waals surface area (Å²) in [7, 11) is 0. The number of ether oxygens (including phenoxy) is 2. The third-order valence-corrected chi connectivity index (χ3v) is 2.34. The van der Waals surface area contributed by atoms with Gasteiger partial charge in [-0.1, -0.05) is 6.07 Å². The topological polar surface area (TPSA) is 30.5 Å². The molecule has 0 amide bonds. The zero-order valence-corrected chi connectivity index (χ0v) is 8.71. The number of rotatable bonds is 3. The summed E-state index contributed by atoms with van der Waals surface area (Å²) < 4.78 is 36.8. The lowest BCUT2D eigenvalue weighted by atomic mass is 10.3. The SMILES string of the molecule is Fc1cccc(F)c1OCC1CNCCO1. The van der Waals surface area contributed by atoms with E-state index in [0.29, 0.717) is 13.2 Å². The highest BCUT2D eigenvalue weighted by molar-refractivity contribution is 5.26. The third-order valence-electron chi connectivity index (χ3n) is 2.34.